The summed E-state index contributed by atoms with van der Waals surface area (Å²) in [7, 11) is 1.49. The van der Waals surface area contributed by atoms with Crippen LogP contribution in [0, 0.1) is 11.3 Å². The molecule has 2 atom stereocenters. The quantitative estimate of drug-likeness (QED) is 0.679. The first-order valence-corrected chi connectivity index (χ1v) is 6.77. The molecule has 20 heavy (non-hydrogen) atoms. The lowest BCUT2D eigenvalue weighted by Crippen LogP contribution is -2.61. The van der Waals surface area contributed by atoms with Crippen LogP contribution in [0.2, 0.25) is 0 Å². The van der Waals surface area contributed by atoms with Gasteiger partial charge in [-0.05, 0) is 12.0 Å². The third kappa shape index (κ3) is 2.92. The van der Waals surface area contributed by atoms with E-state index >= 15 is 0 Å². The summed E-state index contributed by atoms with van der Waals surface area (Å²) in [5.41, 5.74) is 0.968. The van der Waals surface area contributed by atoms with E-state index < -0.39 is 0 Å². The second-order valence-electron chi connectivity index (χ2n) is 4.84. The molecule has 2 rings (SSSR count). The van der Waals surface area contributed by atoms with Crippen molar-refractivity contribution < 1.29 is 14.3 Å². The van der Waals surface area contributed by atoms with Crippen molar-refractivity contribution >= 4 is 12.0 Å². The standard InChI is InChI=1S/C15H20N2O3/c1-3-13-12(14(16)19-2)9-17(13)15(18)20-10-11-7-5-4-6-8-11/h4-8,12-13,16H,3,9-10H2,1-2H3. The Balaban J connectivity index is 1.86. The van der Waals surface area contributed by atoms with Gasteiger partial charge in [0.2, 0.25) is 0 Å². The minimum atomic E-state index is -0.319. The molecule has 0 aliphatic carbocycles. The van der Waals surface area contributed by atoms with Crippen LogP contribution in [-0.2, 0) is 16.1 Å². The summed E-state index contributed by atoms with van der Waals surface area (Å²) in [5.74, 6) is 0.234. The number of benzene rings is 1. The maximum atomic E-state index is 12.0. The van der Waals surface area contributed by atoms with Crippen LogP contribution in [0.3, 0.4) is 0 Å². The number of methoxy groups -OCH3 is 1. The first-order valence-electron chi connectivity index (χ1n) is 6.77. The summed E-state index contributed by atoms with van der Waals surface area (Å²) in [6.07, 6.45) is 0.470. The Bertz CT molecular complexity index is 475. The summed E-state index contributed by atoms with van der Waals surface area (Å²) >= 11 is 0. The molecular formula is C15H20N2O3. The SMILES string of the molecule is CCC1C(C(=N)OC)CN1C(=O)OCc1ccccc1. The maximum Gasteiger partial charge on any atom is 0.410 e. The Morgan fingerprint density at radius 1 is 1.40 bits per heavy atom. The fourth-order valence-corrected chi connectivity index (χ4v) is 2.47. The molecule has 0 radical (unpaired) electrons. The van der Waals surface area contributed by atoms with Gasteiger partial charge in [-0.2, -0.15) is 0 Å². The van der Waals surface area contributed by atoms with Gasteiger partial charge >= 0.3 is 6.09 Å². The molecule has 1 aromatic carbocycles. The second kappa shape index (κ2) is 6.41. The molecule has 1 heterocycles. The largest absolute Gasteiger partial charge is 0.484 e. The number of rotatable bonds is 4. The monoisotopic (exact) mass is 276 g/mol. The number of carbonyl (C=O) groups excluding carboxylic acids is 1. The summed E-state index contributed by atoms with van der Waals surface area (Å²) in [5, 5.41) is 7.69. The molecule has 1 aliphatic rings. The van der Waals surface area contributed by atoms with Gasteiger partial charge in [0.1, 0.15) is 6.61 Å². The molecule has 0 bridgehead atoms. The average molecular weight is 276 g/mol. The minimum absolute atomic E-state index is 0.00530. The average Bonchev–Trinajstić information content (AvgIpc) is 2.45. The van der Waals surface area contributed by atoms with Gasteiger partial charge in [0, 0.05) is 12.6 Å². The minimum Gasteiger partial charge on any atom is -0.484 e. The van der Waals surface area contributed by atoms with Crippen LogP contribution >= 0.6 is 0 Å². The summed E-state index contributed by atoms with van der Waals surface area (Å²) in [6.45, 7) is 2.77. The third-order valence-electron chi connectivity index (χ3n) is 3.67. The van der Waals surface area contributed by atoms with Crippen LogP contribution in [0.1, 0.15) is 18.9 Å². The summed E-state index contributed by atoms with van der Waals surface area (Å²) in [6, 6.07) is 9.60. The molecule has 1 N–H and O–H groups in total. The Kier molecular flexibility index (Phi) is 4.61. The van der Waals surface area contributed by atoms with E-state index in [2.05, 4.69) is 0 Å². The van der Waals surface area contributed by atoms with Crippen LogP contribution < -0.4 is 0 Å². The first kappa shape index (κ1) is 14.4. The Morgan fingerprint density at radius 2 is 2.10 bits per heavy atom. The van der Waals surface area contributed by atoms with Crippen molar-refractivity contribution in [3.8, 4) is 0 Å². The molecular weight excluding hydrogens is 256 g/mol. The molecule has 0 saturated carbocycles. The number of ether oxygens (including phenoxy) is 2. The zero-order valence-electron chi connectivity index (χ0n) is 11.8. The lowest BCUT2D eigenvalue weighted by atomic mass is 9.87. The van der Waals surface area contributed by atoms with Gasteiger partial charge in [0.05, 0.1) is 13.0 Å². The van der Waals surface area contributed by atoms with Gasteiger partial charge in [0.15, 0.2) is 5.90 Å². The molecule has 2 unspecified atom stereocenters. The van der Waals surface area contributed by atoms with E-state index in [1.54, 1.807) is 4.90 Å². The highest BCUT2D eigenvalue weighted by Crippen LogP contribution is 2.29. The normalized spacial score (nSPS) is 21.0. The van der Waals surface area contributed by atoms with Crippen molar-refractivity contribution in [2.45, 2.75) is 26.0 Å². The molecule has 108 valence electrons. The van der Waals surface area contributed by atoms with E-state index in [0.29, 0.717) is 6.54 Å². The van der Waals surface area contributed by atoms with Crippen molar-refractivity contribution in [2.75, 3.05) is 13.7 Å². The molecule has 0 spiro atoms. The predicted octanol–water partition coefficient (Wildman–Crippen LogP) is 2.66. The molecule has 0 aromatic heterocycles. The van der Waals surface area contributed by atoms with E-state index in [9.17, 15) is 4.79 Å². The van der Waals surface area contributed by atoms with Gasteiger partial charge in [-0.15, -0.1) is 0 Å². The zero-order chi connectivity index (χ0) is 14.5. The molecule has 5 nitrogen and oxygen atoms in total. The number of hydrogen-bond donors (Lipinski definition) is 1. The molecule has 1 aliphatic heterocycles. The number of carbonyl (C=O) groups is 1. The molecule has 1 aromatic rings. The number of hydrogen-bond acceptors (Lipinski definition) is 4. The lowest BCUT2D eigenvalue weighted by Gasteiger charge is -2.46. The molecule has 1 saturated heterocycles. The molecule has 1 amide bonds. The van der Waals surface area contributed by atoms with E-state index in [1.165, 1.54) is 7.11 Å². The van der Waals surface area contributed by atoms with Gasteiger partial charge < -0.3 is 14.4 Å². The highest BCUT2D eigenvalue weighted by Gasteiger charge is 2.44. The number of amides is 1. The Labute approximate surface area is 119 Å². The van der Waals surface area contributed by atoms with E-state index in [0.717, 1.165) is 12.0 Å². The van der Waals surface area contributed by atoms with Crippen molar-refractivity contribution in [3.63, 3.8) is 0 Å². The lowest BCUT2D eigenvalue weighted by molar-refractivity contribution is 0.0175. The smallest absolute Gasteiger partial charge is 0.410 e. The van der Waals surface area contributed by atoms with Crippen LogP contribution in [0.25, 0.3) is 0 Å². The summed E-state index contributed by atoms with van der Waals surface area (Å²) in [4.78, 5) is 13.7. The number of likely N-dealkylation sites (tertiary alicyclic amines) is 1. The first-order chi connectivity index (χ1) is 9.67. The van der Waals surface area contributed by atoms with Crippen LogP contribution in [0.5, 0.6) is 0 Å². The van der Waals surface area contributed by atoms with Gasteiger partial charge in [-0.1, -0.05) is 37.3 Å². The summed E-state index contributed by atoms with van der Waals surface area (Å²) < 4.78 is 10.2. The van der Waals surface area contributed by atoms with Crippen molar-refractivity contribution in [3.05, 3.63) is 35.9 Å². The predicted molar refractivity (Wildman–Crippen MR) is 75.6 cm³/mol. The van der Waals surface area contributed by atoms with Gasteiger partial charge in [-0.25, -0.2) is 4.79 Å². The van der Waals surface area contributed by atoms with Gasteiger partial charge in [0.25, 0.3) is 0 Å². The molecule has 5 heteroatoms. The van der Waals surface area contributed by atoms with E-state index in [1.807, 2.05) is 37.3 Å². The molecule has 1 fully saturated rings. The number of nitrogens with zero attached hydrogens (tertiary/aromatic N) is 1. The van der Waals surface area contributed by atoms with Gasteiger partial charge in [-0.3, -0.25) is 5.41 Å². The second-order valence-corrected chi connectivity index (χ2v) is 4.84. The maximum absolute atomic E-state index is 12.0. The highest BCUT2D eigenvalue weighted by atomic mass is 16.6. The fourth-order valence-electron chi connectivity index (χ4n) is 2.47. The Morgan fingerprint density at radius 3 is 2.70 bits per heavy atom. The fraction of sp³-hybridized carbons (Fsp3) is 0.467. The van der Waals surface area contributed by atoms with Crippen LogP contribution in [0.15, 0.2) is 30.3 Å². The van der Waals surface area contributed by atoms with Crippen LogP contribution in [-0.4, -0.2) is 36.6 Å². The van der Waals surface area contributed by atoms with Crippen molar-refractivity contribution in [2.24, 2.45) is 5.92 Å². The van der Waals surface area contributed by atoms with Crippen molar-refractivity contribution in [1.29, 1.82) is 5.41 Å². The van der Waals surface area contributed by atoms with Crippen molar-refractivity contribution in [1.82, 2.24) is 4.90 Å². The van der Waals surface area contributed by atoms with E-state index in [-0.39, 0.29) is 30.6 Å². The topological polar surface area (TPSA) is 62.6 Å². The van der Waals surface area contributed by atoms with Crippen LogP contribution in [0.4, 0.5) is 4.79 Å². The van der Waals surface area contributed by atoms with E-state index in [4.69, 9.17) is 14.9 Å². The zero-order valence-corrected chi connectivity index (χ0v) is 11.8. The third-order valence-corrected chi connectivity index (χ3v) is 3.67. The highest BCUT2D eigenvalue weighted by molar-refractivity contribution is 5.81. The number of nitrogens with one attached hydrogen (secondary N) is 1. The Hall–Kier alpha value is -2.04.